The molecule has 0 radical (unpaired) electrons. The Balaban J connectivity index is 3.05. The van der Waals surface area contributed by atoms with Crippen molar-refractivity contribution in [1.82, 2.24) is 0 Å². The van der Waals surface area contributed by atoms with Gasteiger partial charge in [0.15, 0.2) is 0 Å². The molecule has 0 aliphatic rings. The number of ether oxygens (including phenoxy) is 1. The third-order valence-corrected chi connectivity index (χ3v) is 0.874. The SMILES string of the molecule is O=C(O)COC/C=C\CCl. The quantitative estimate of drug-likeness (QED) is 0.373. The molecular formula is C6H9ClO3. The maximum atomic E-state index is 9.86. The van der Waals surface area contributed by atoms with Gasteiger partial charge < -0.3 is 9.84 Å². The Morgan fingerprint density at radius 2 is 2.30 bits per heavy atom. The molecule has 0 aliphatic heterocycles. The van der Waals surface area contributed by atoms with Crippen molar-refractivity contribution in [3.8, 4) is 0 Å². The van der Waals surface area contributed by atoms with Gasteiger partial charge in [0, 0.05) is 5.88 Å². The number of carbonyl (C=O) groups is 1. The minimum absolute atomic E-state index is 0.257. The summed E-state index contributed by atoms with van der Waals surface area (Å²) in [5.41, 5.74) is 0. The highest BCUT2D eigenvalue weighted by Crippen LogP contribution is 1.80. The molecule has 0 fully saturated rings. The van der Waals surface area contributed by atoms with Gasteiger partial charge in [0.05, 0.1) is 6.61 Å². The summed E-state index contributed by atoms with van der Waals surface area (Å²) in [6.45, 7) is 0.0473. The van der Waals surface area contributed by atoms with Gasteiger partial charge in [-0.25, -0.2) is 4.79 Å². The van der Waals surface area contributed by atoms with Crippen molar-refractivity contribution >= 4 is 17.6 Å². The van der Waals surface area contributed by atoms with Crippen LogP contribution in [0.25, 0.3) is 0 Å². The normalized spacial score (nSPS) is 10.5. The van der Waals surface area contributed by atoms with Crippen LogP contribution in [0.15, 0.2) is 12.2 Å². The fourth-order valence-electron chi connectivity index (χ4n) is 0.345. The predicted octanol–water partition coefficient (Wildman–Crippen LogP) is 0.883. The molecule has 0 aliphatic carbocycles. The number of carboxylic acids is 1. The topological polar surface area (TPSA) is 46.5 Å². The van der Waals surface area contributed by atoms with E-state index in [0.29, 0.717) is 12.5 Å². The lowest BCUT2D eigenvalue weighted by Crippen LogP contribution is -2.06. The molecule has 10 heavy (non-hydrogen) atoms. The number of halogens is 1. The molecule has 0 aromatic carbocycles. The molecule has 0 saturated heterocycles. The summed E-state index contributed by atoms with van der Waals surface area (Å²) >= 11 is 5.28. The first-order valence-electron chi connectivity index (χ1n) is 2.78. The van der Waals surface area contributed by atoms with Crippen LogP contribution in [0, 0.1) is 0 Å². The van der Waals surface area contributed by atoms with Crippen LogP contribution >= 0.6 is 11.6 Å². The van der Waals surface area contributed by atoms with E-state index in [-0.39, 0.29) is 6.61 Å². The zero-order valence-corrected chi connectivity index (χ0v) is 6.17. The lowest BCUT2D eigenvalue weighted by molar-refractivity contribution is -0.141. The van der Waals surface area contributed by atoms with Crippen molar-refractivity contribution < 1.29 is 14.6 Å². The van der Waals surface area contributed by atoms with E-state index >= 15 is 0 Å². The van der Waals surface area contributed by atoms with E-state index in [2.05, 4.69) is 4.74 Å². The summed E-state index contributed by atoms with van der Waals surface area (Å²) in [5, 5.41) is 8.09. The highest BCUT2D eigenvalue weighted by Gasteiger charge is 1.91. The van der Waals surface area contributed by atoms with Crippen molar-refractivity contribution in [1.29, 1.82) is 0 Å². The van der Waals surface area contributed by atoms with Gasteiger partial charge in [-0.15, -0.1) is 11.6 Å². The Bertz CT molecular complexity index is 122. The Morgan fingerprint density at radius 3 is 2.80 bits per heavy atom. The van der Waals surface area contributed by atoms with E-state index in [4.69, 9.17) is 16.7 Å². The van der Waals surface area contributed by atoms with Crippen LogP contribution in [0.4, 0.5) is 0 Å². The van der Waals surface area contributed by atoms with Gasteiger partial charge in [-0.05, 0) is 0 Å². The molecule has 58 valence electrons. The van der Waals surface area contributed by atoms with Crippen molar-refractivity contribution in [2.75, 3.05) is 19.1 Å². The van der Waals surface area contributed by atoms with Crippen LogP contribution < -0.4 is 0 Å². The monoisotopic (exact) mass is 164 g/mol. The zero-order chi connectivity index (χ0) is 7.82. The van der Waals surface area contributed by atoms with Crippen molar-refractivity contribution in [3.05, 3.63) is 12.2 Å². The van der Waals surface area contributed by atoms with E-state index in [1.54, 1.807) is 12.2 Å². The third-order valence-electron chi connectivity index (χ3n) is 0.695. The molecule has 1 N–H and O–H groups in total. The summed E-state index contributed by atoms with van der Waals surface area (Å²) in [7, 11) is 0. The molecule has 0 aromatic rings. The van der Waals surface area contributed by atoms with Gasteiger partial charge in [-0.1, -0.05) is 12.2 Å². The smallest absolute Gasteiger partial charge is 0.329 e. The number of allylic oxidation sites excluding steroid dienone is 1. The maximum Gasteiger partial charge on any atom is 0.329 e. The zero-order valence-electron chi connectivity index (χ0n) is 5.42. The molecule has 0 saturated carbocycles. The summed E-state index contributed by atoms with van der Waals surface area (Å²) in [5.74, 6) is -0.532. The van der Waals surface area contributed by atoms with Gasteiger partial charge in [-0.3, -0.25) is 0 Å². The first kappa shape index (κ1) is 9.46. The first-order chi connectivity index (χ1) is 4.77. The summed E-state index contributed by atoms with van der Waals surface area (Å²) in [4.78, 5) is 9.86. The largest absolute Gasteiger partial charge is 0.480 e. The van der Waals surface area contributed by atoms with Crippen LogP contribution in [0.5, 0.6) is 0 Å². The highest BCUT2D eigenvalue weighted by molar-refractivity contribution is 6.18. The van der Waals surface area contributed by atoms with Gasteiger partial charge in [0.25, 0.3) is 0 Å². The molecule has 0 bridgehead atoms. The van der Waals surface area contributed by atoms with Crippen molar-refractivity contribution in [3.63, 3.8) is 0 Å². The number of aliphatic carboxylic acids is 1. The second kappa shape index (κ2) is 6.58. The van der Waals surface area contributed by atoms with Crippen molar-refractivity contribution in [2.24, 2.45) is 0 Å². The van der Waals surface area contributed by atoms with Gasteiger partial charge in [0.2, 0.25) is 0 Å². The van der Waals surface area contributed by atoms with E-state index < -0.39 is 5.97 Å². The predicted molar refractivity (Wildman–Crippen MR) is 38.3 cm³/mol. The second-order valence-corrected chi connectivity index (χ2v) is 1.84. The summed E-state index contributed by atoms with van der Waals surface area (Å²) in [6.07, 6.45) is 3.37. The maximum absolute atomic E-state index is 9.86. The number of carboxylic acid groups (broad SMARTS) is 1. The number of alkyl halides is 1. The summed E-state index contributed by atoms with van der Waals surface area (Å²) in [6, 6.07) is 0. The van der Waals surface area contributed by atoms with Gasteiger partial charge in [0.1, 0.15) is 6.61 Å². The van der Waals surface area contributed by atoms with E-state index in [0.717, 1.165) is 0 Å². The summed E-state index contributed by atoms with van der Waals surface area (Å²) < 4.78 is 4.65. The highest BCUT2D eigenvalue weighted by atomic mass is 35.5. The molecule has 4 heteroatoms. The van der Waals surface area contributed by atoms with Gasteiger partial charge >= 0.3 is 5.97 Å². The Hall–Kier alpha value is -0.540. The molecule has 0 heterocycles. The van der Waals surface area contributed by atoms with E-state index in [1.807, 2.05) is 0 Å². The van der Waals surface area contributed by atoms with E-state index in [1.165, 1.54) is 0 Å². The number of hydrogen-bond donors (Lipinski definition) is 1. The van der Waals surface area contributed by atoms with Crippen LogP contribution in [0.2, 0.25) is 0 Å². The Labute approximate surface area is 64.2 Å². The molecule has 0 rings (SSSR count). The fourth-order valence-corrected chi connectivity index (χ4v) is 0.471. The standard InChI is InChI=1S/C6H9ClO3/c7-3-1-2-4-10-5-6(8)9/h1-2H,3-5H2,(H,8,9)/b2-1-. The Kier molecular flexibility index (Phi) is 6.22. The minimum atomic E-state index is -0.959. The first-order valence-corrected chi connectivity index (χ1v) is 3.31. The number of hydrogen-bond acceptors (Lipinski definition) is 2. The van der Waals surface area contributed by atoms with Crippen molar-refractivity contribution in [2.45, 2.75) is 0 Å². The van der Waals surface area contributed by atoms with Crippen LogP contribution in [-0.2, 0) is 9.53 Å². The molecule has 0 amide bonds. The van der Waals surface area contributed by atoms with E-state index in [9.17, 15) is 4.79 Å². The molecule has 3 nitrogen and oxygen atoms in total. The molecule has 0 aromatic heterocycles. The molecule has 0 unspecified atom stereocenters. The third kappa shape index (κ3) is 7.46. The minimum Gasteiger partial charge on any atom is -0.480 e. The lowest BCUT2D eigenvalue weighted by Gasteiger charge is -1.92. The van der Waals surface area contributed by atoms with Crippen LogP contribution in [0.3, 0.4) is 0 Å². The van der Waals surface area contributed by atoms with Crippen LogP contribution in [-0.4, -0.2) is 30.2 Å². The molecular weight excluding hydrogens is 156 g/mol. The molecule has 0 atom stereocenters. The molecule has 0 spiro atoms. The lowest BCUT2D eigenvalue weighted by atomic mass is 10.5. The van der Waals surface area contributed by atoms with Crippen LogP contribution in [0.1, 0.15) is 0 Å². The van der Waals surface area contributed by atoms with Gasteiger partial charge in [-0.2, -0.15) is 0 Å². The fraction of sp³-hybridized carbons (Fsp3) is 0.500. The number of rotatable bonds is 5. The average Bonchev–Trinajstić information content (AvgIpc) is 1.87. The Morgan fingerprint density at radius 1 is 1.60 bits per heavy atom. The second-order valence-electron chi connectivity index (χ2n) is 1.53. The average molecular weight is 165 g/mol.